The Balaban J connectivity index is 2.39. The fraction of sp³-hybridized carbons (Fsp3) is 0.400. The van der Waals surface area contributed by atoms with Gasteiger partial charge in [-0.15, -0.1) is 0 Å². The first-order chi connectivity index (χ1) is 6.22. The zero-order valence-electron chi connectivity index (χ0n) is 7.19. The van der Waals surface area contributed by atoms with Crippen LogP contribution in [0.5, 0.6) is 0 Å². The van der Waals surface area contributed by atoms with Crippen LogP contribution < -0.4 is 5.32 Å². The lowest BCUT2D eigenvalue weighted by Gasteiger charge is -2.18. The molecular formula is C10H11F2N. The summed E-state index contributed by atoms with van der Waals surface area (Å²) in [5, 5.41) is 2.90. The Morgan fingerprint density at radius 3 is 2.69 bits per heavy atom. The first-order valence-corrected chi connectivity index (χ1v) is 4.37. The van der Waals surface area contributed by atoms with E-state index in [4.69, 9.17) is 0 Å². The van der Waals surface area contributed by atoms with Gasteiger partial charge in [0.05, 0.1) is 0 Å². The average molecular weight is 183 g/mol. The molecule has 0 unspecified atom stereocenters. The predicted octanol–water partition coefficient (Wildman–Crippen LogP) is 1.98. The van der Waals surface area contributed by atoms with Gasteiger partial charge in [0.25, 0.3) is 0 Å². The number of nitrogens with one attached hydrogen (secondary N) is 1. The lowest BCUT2D eigenvalue weighted by Crippen LogP contribution is -2.24. The molecule has 2 rings (SSSR count). The van der Waals surface area contributed by atoms with Crippen LogP contribution in [0, 0.1) is 5.82 Å². The van der Waals surface area contributed by atoms with E-state index in [1.165, 1.54) is 12.1 Å². The summed E-state index contributed by atoms with van der Waals surface area (Å²) < 4.78 is 27.2. The normalized spacial score (nSPS) is 27.8. The molecule has 0 aliphatic carbocycles. The van der Waals surface area contributed by atoms with Crippen LogP contribution in [0.25, 0.3) is 0 Å². The van der Waals surface area contributed by atoms with Crippen molar-refractivity contribution in [3.8, 4) is 0 Å². The van der Waals surface area contributed by atoms with E-state index in [0.29, 0.717) is 13.0 Å². The van der Waals surface area contributed by atoms with Crippen LogP contribution >= 0.6 is 0 Å². The summed E-state index contributed by atoms with van der Waals surface area (Å²) in [6.07, 6.45) is 0.355. The Morgan fingerprint density at radius 1 is 1.31 bits per heavy atom. The third-order valence-electron chi connectivity index (χ3n) is 2.46. The summed E-state index contributed by atoms with van der Waals surface area (Å²) in [4.78, 5) is 0. The van der Waals surface area contributed by atoms with Crippen LogP contribution in [-0.2, 0) is 5.67 Å². The summed E-state index contributed by atoms with van der Waals surface area (Å²) >= 11 is 0. The van der Waals surface area contributed by atoms with Crippen molar-refractivity contribution in [2.75, 3.05) is 13.1 Å². The van der Waals surface area contributed by atoms with E-state index in [0.717, 1.165) is 0 Å². The van der Waals surface area contributed by atoms with Crippen molar-refractivity contribution in [2.45, 2.75) is 12.1 Å². The molecule has 1 atom stereocenters. The number of hydrogen-bond acceptors (Lipinski definition) is 1. The highest BCUT2D eigenvalue weighted by atomic mass is 19.1. The number of rotatable bonds is 1. The highest BCUT2D eigenvalue weighted by Gasteiger charge is 2.37. The molecule has 13 heavy (non-hydrogen) atoms. The van der Waals surface area contributed by atoms with Gasteiger partial charge >= 0.3 is 0 Å². The number of halogens is 2. The standard InChI is InChI=1S/C10H11F2N/c11-9-4-2-1-3-8(9)10(12)5-6-13-7-10/h1-4,13H,5-7H2/t10-/m1/s1. The van der Waals surface area contributed by atoms with Crippen LogP contribution in [0.2, 0.25) is 0 Å². The fourth-order valence-electron chi connectivity index (χ4n) is 1.72. The summed E-state index contributed by atoms with van der Waals surface area (Å²) in [6, 6.07) is 6.06. The maximum absolute atomic E-state index is 14.0. The zero-order valence-corrected chi connectivity index (χ0v) is 7.19. The van der Waals surface area contributed by atoms with Gasteiger partial charge in [-0.1, -0.05) is 18.2 Å². The molecule has 1 saturated heterocycles. The molecule has 0 radical (unpaired) electrons. The van der Waals surface area contributed by atoms with Crippen molar-refractivity contribution in [1.82, 2.24) is 5.32 Å². The van der Waals surface area contributed by atoms with Crippen molar-refractivity contribution in [3.63, 3.8) is 0 Å². The Kier molecular flexibility index (Phi) is 2.04. The van der Waals surface area contributed by atoms with E-state index in [1.54, 1.807) is 12.1 Å². The highest BCUT2D eigenvalue weighted by molar-refractivity contribution is 5.26. The molecule has 3 heteroatoms. The van der Waals surface area contributed by atoms with Crippen LogP contribution in [0.4, 0.5) is 8.78 Å². The first-order valence-electron chi connectivity index (χ1n) is 4.37. The van der Waals surface area contributed by atoms with Gasteiger partial charge in [0.2, 0.25) is 0 Å². The lowest BCUT2D eigenvalue weighted by atomic mass is 9.94. The minimum Gasteiger partial charge on any atom is -0.313 e. The predicted molar refractivity (Wildman–Crippen MR) is 46.7 cm³/mol. The van der Waals surface area contributed by atoms with Crippen LogP contribution in [-0.4, -0.2) is 13.1 Å². The lowest BCUT2D eigenvalue weighted by molar-refractivity contribution is 0.186. The van der Waals surface area contributed by atoms with Gasteiger partial charge < -0.3 is 5.32 Å². The third-order valence-corrected chi connectivity index (χ3v) is 2.46. The quantitative estimate of drug-likeness (QED) is 0.702. The van der Waals surface area contributed by atoms with Crippen molar-refractivity contribution in [2.24, 2.45) is 0 Å². The second kappa shape index (κ2) is 3.07. The van der Waals surface area contributed by atoms with Gasteiger partial charge in [-0.3, -0.25) is 0 Å². The Labute approximate surface area is 75.8 Å². The van der Waals surface area contributed by atoms with Crippen molar-refractivity contribution < 1.29 is 8.78 Å². The summed E-state index contributed by atoms with van der Waals surface area (Å²) in [7, 11) is 0. The molecule has 1 heterocycles. The zero-order chi connectivity index (χ0) is 9.31. The van der Waals surface area contributed by atoms with E-state index in [9.17, 15) is 8.78 Å². The van der Waals surface area contributed by atoms with Gasteiger partial charge in [0, 0.05) is 12.1 Å². The second-order valence-electron chi connectivity index (χ2n) is 3.37. The molecule has 1 aliphatic heterocycles. The van der Waals surface area contributed by atoms with E-state index in [2.05, 4.69) is 5.32 Å². The molecule has 0 spiro atoms. The van der Waals surface area contributed by atoms with E-state index in [-0.39, 0.29) is 12.1 Å². The third kappa shape index (κ3) is 1.44. The number of hydrogen-bond donors (Lipinski definition) is 1. The second-order valence-corrected chi connectivity index (χ2v) is 3.37. The highest BCUT2D eigenvalue weighted by Crippen LogP contribution is 2.33. The molecule has 1 aromatic carbocycles. The van der Waals surface area contributed by atoms with Crippen molar-refractivity contribution in [3.05, 3.63) is 35.6 Å². The van der Waals surface area contributed by atoms with Gasteiger partial charge in [-0.2, -0.15) is 0 Å². The molecule has 1 aromatic rings. The van der Waals surface area contributed by atoms with Crippen molar-refractivity contribution in [1.29, 1.82) is 0 Å². The Morgan fingerprint density at radius 2 is 2.08 bits per heavy atom. The average Bonchev–Trinajstić information content (AvgIpc) is 2.54. The van der Waals surface area contributed by atoms with Crippen LogP contribution in [0.3, 0.4) is 0 Å². The maximum Gasteiger partial charge on any atom is 0.152 e. The molecule has 0 saturated carbocycles. The fourth-order valence-corrected chi connectivity index (χ4v) is 1.72. The summed E-state index contributed by atoms with van der Waals surface area (Å²) in [5.74, 6) is -0.450. The summed E-state index contributed by atoms with van der Waals surface area (Å²) in [5.41, 5.74) is -1.33. The molecular weight excluding hydrogens is 172 g/mol. The van der Waals surface area contributed by atoms with Gasteiger partial charge in [-0.25, -0.2) is 8.78 Å². The molecule has 1 nitrogen and oxygen atoms in total. The topological polar surface area (TPSA) is 12.0 Å². The van der Waals surface area contributed by atoms with Gasteiger partial charge in [-0.05, 0) is 19.0 Å². The minimum absolute atomic E-state index is 0.181. The Bertz CT molecular complexity index is 306. The van der Waals surface area contributed by atoms with Gasteiger partial charge in [0.15, 0.2) is 5.67 Å². The van der Waals surface area contributed by atoms with Crippen LogP contribution in [0.1, 0.15) is 12.0 Å². The summed E-state index contributed by atoms with van der Waals surface area (Å²) in [6.45, 7) is 0.832. The minimum atomic E-state index is -1.51. The molecule has 0 aromatic heterocycles. The maximum atomic E-state index is 14.0. The largest absolute Gasteiger partial charge is 0.313 e. The monoisotopic (exact) mass is 183 g/mol. The smallest absolute Gasteiger partial charge is 0.152 e. The van der Waals surface area contributed by atoms with E-state index in [1.807, 2.05) is 0 Å². The number of benzene rings is 1. The first kappa shape index (κ1) is 8.63. The Hall–Kier alpha value is -0.960. The van der Waals surface area contributed by atoms with Crippen LogP contribution in [0.15, 0.2) is 24.3 Å². The molecule has 1 N–H and O–H groups in total. The number of alkyl halides is 1. The van der Waals surface area contributed by atoms with Crippen molar-refractivity contribution >= 4 is 0 Å². The molecule has 70 valence electrons. The SMILES string of the molecule is Fc1ccccc1[C@@]1(F)CCNC1. The van der Waals surface area contributed by atoms with E-state index >= 15 is 0 Å². The van der Waals surface area contributed by atoms with E-state index < -0.39 is 11.5 Å². The molecule has 0 amide bonds. The van der Waals surface area contributed by atoms with Gasteiger partial charge in [0.1, 0.15) is 5.82 Å². The molecule has 1 fully saturated rings. The molecule has 1 aliphatic rings. The molecule has 0 bridgehead atoms.